The highest BCUT2D eigenvalue weighted by molar-refractivity contribution is 6.04. The summed E-state index contributed by atoms with van der Waals surface area (Å²) in [6.45, 7) is 6.55. The maximum Gasteiger partial charge on any atom is 0.231 e. The maximum absolute atomic E-state index is 12.3. The van der Waals surface area contributed by atoms with E-state index in [2.05, 4.69) is 6.92 Å². The van der Waals surface area contributed by atoms with Gasteiger partial charge in [-0.05, 0) is 60.7 Å². The molecule has 1 amide bonds. The van der Waals surface area contributed by atoms with Crippen LogP contribution in [-0.2, 0) is 17.6 Å². The Morgan fingerprint density at radius 3 is 2.33 bits per heavy atom. The molecule has 0 bridgehead atoms. The zero-order valence-electron chi connectivity index (χ0n) is 14.4. The maximum atomic E-state index is 12.3. The number of phenolic OH excluding ortho intramolecular Hbond substituents is 2. The fourth-order valence-electron chi connectivity index (χ4n) is 3.62. The van der Waals surface area contributed by atoms with Gasteiger partial charge in [0.15, 0.2) is 0 Å². The molecule has 0 saturated heterocycles. The fourth-order valence-corrected chi connectivity index (χ4v) is 3.62. The lowest BCUT2D eigenvalue weighted by Crippen LogP contribution is -2.25. The molecule has 126 valence electrons. The van der Waals surface area contributed by atoms with E-state index in [1.807, 2.05) is 26.0 Å². The summed E-state index contributed by atoms with van der Waals surface area (Å²) < 4.78 is 0. The van der Waals surface area contributed by atoms with Gasteiger partial charge in [0.2, 0.25) is 5.91 Å². The van der Waals surface area contributed by atoms with Crippen LogP contribution in [0.2, 0.25) is 0 Å². The molecule has 3 rings (SSSR count). The number of amides is 1. The van der Waals surface area contributed by atoms with E-state index in [1.54, 1.807) is 17.0 Å². The second kappa shape index (κ2) is 6.19. The first-order valence-corrected chi connectivity index (χ1v) is 8.46. The Morgan fingerprint density at radius 1 is 1.08 bits per heavy atom. The van der Waals surface area contributed by atoms with Crippen molar-refractivity contribution < 1.29 is 15.0 Å². The highest BCUT2D eigenvalue weighted by atomic mass is 16.3. The number of hydrogen-bond donors (Lipinski definition) is 2. The SMILES string of the molecule is CCCc1cc(O)c(-c2c(C)ccc3c2CC(=O)N3CC)c(O)c1. The Hall–Kier alpha value is -2.49. The van der Waals surface area contributed by atoms with Crippen molar-refractivity contribution in [3.8, 4) is 22.6 Å². The summed E-state index contributed by atoms with van der Waals surface area (Å²) in [4.78, 5) is 14.0. The van der Waals surface area contributed by atoms with Gasteiger partial charge in [0.25, 0.3) is 0 Å². The van der Waals surface area contributed by atoms with Gasteiger partial charge in [0.1, 0.15) is 11.5 Å². The number of anilines is 1. The first-order chi connectivity index (χ1) is 11.5. The lowest BCUT2D eigenvalue weighted by molar-refractivity contribution is -0.117. The lowest BCUT2D eigenvalue weighted by atomic mass is 9.91. The van der Waals surface area contributed by atoms with Gasteiger partial charge in [-0.15, -0.1) is 0 Å². The standard InChI is InChI=1S/C20H23NO3/c1-4-6-13-9-16(22)20(17(23)10-13)19-12(3)7-8-15-14(19)11-18(24)21(15)5-2/h7-10,22-23H,4-6,11H2,1-3H3. The Morgan fingerprint density at radius 2 is 1.75 bits per heavy atom. The van der Waals surface area contributed by atoms with Crippen molar-refractivity contribution in [1.29, 1.82) is 0 Å². The minimum absolute atomic E-state index is 0.0564. The minimum Gasteiger partial charge on any atom is -0.507 e. The van der Waals surface area contributed by atoms with E-state index in [-0.39, 0.29) is 17.4 Å². The Kier molecular flexibility index (Phi) is 4.22. The number of phenols is 2. The third-order valence-corrected chi connectivity index (χ3v) is 4.68. The van der Waals surface area contributed by atoms with Crippen molar-refractivity contribution in [2.24, 2.45) is 0 Å². The van der Waals surface area contributed by atoms with E-state index >= 15 is 0 Å². The average molecular weight is 325 g/mol. The van der Waals surface area contributed by atoms with Crippen molar-refractivity contribution in [2.45, 2.75) is 40.0 Å². The number of carbonyl (C=O) groups is 1. The second-order valence-electron chi connectivity index (χ2n) is 6.33. The van der Waals surface area contributed by atoms with Crippen LogP contribution in [0.3, 0.4) is 0 Å². The highest BCUT2D eigenvalue weighted by Crippen LogP contribution is 2.46. The van der Waals surface area contributed by atoms with E-state index in [9.17, 15) is 15.0 Å². The molecule has 0 atom stereocenters. The number of nitrogens with zero attached hydrogens (tertiary/aromatic N) is 1. The van der Waals surface area contributed by atoms with Crippen molar-refractivity contribution >= 4 is 11.6 Å². The molecule has 0 fully saturated rings. The normalized spacial score (nSPS) is 13.5. The summed E-state index contributed by atoms with van der Waals surface area (Å²) in [7, 11) is 0. The fraction of sp³-hybridized carbons (Fsp3) is 0.350. The molecule has 2 N–H and O–H groups in total. The number of fused-ring (bicyclic) bond motifs is 1. The van der Waals surface area contributed by atoms with Gasteiger partial charge in [-0.25, -0.2) is 0 Å². The Bertz CT molecular complexity index is 788. The highest BCUT2D eigenvalue weighted by Gasteiger charge is 2.30. The summed E-state index contributed by atoms with van der Waals surface area (Å²) >= 11 is 0. The van der Waals surface area contributed by atoms with Gasteiger partial charge >= 0.3 is 0 Å². The van der Waals surface area contributed by atoms with Crippen molar-refractivity contribution in [1.82, 2.24) is 0 Å². The summed E-state index contributed by atoms with van der Waals surface area (Å²) in [6, 6.07) is 7.31. The molecule has 0 spiro atoms. The molecule has 4 nitrogen and oxygen atoms in total. The number of carbonyl (C=O) groups excluding carboxylic acids is 1. The van der Waals surface area contributed by atoms with Crippen LogP contribution in [0.4, 0.5) is 5.69 Å². The van der Waals surface area contributed by atoms with Crippen LogP contribution in [0.5, 0.6) is 11.5 Å². The molecule has 0 aliphatic carbocycles. The monoisotopic (exact) mass is 325 g/mol. The molecule has 0 saturated carbocycles. The van der Waals surface area contributed by atoms with E-state index < -0.39 is 0 Å². The van der Waals surface area contributed by atoms with Gasteiger partial charge in [-0.1, -0.05) is 19.4 Å². The molecular formula is C20H23NO3. The number of hydrogen-bond acceptors (Lipinski definition) is 3. The predicted molar refractivity (Wildman–Crippen MR) is 95.7 cm³/mol. The molecule has 0 aromatic heterocycles. The van der Waals surface area contributed by atoms with Gasteiger partial charge in [0, 0.05) is 12.2 Å². The zero-order valence-corrected chi connectivity index (χ0v) is 14.4. The number of rotatable bonds is 4. The number of aromatic hydroxyl groups is 2. The number of aryl methyl sites for hydroxylation is 2. The number of benzene rings is 2. The Balaban J connectivity index is 2.22. The Labute approximate surface area is 142 Å². The van der Waals surface area contributed by atoms with E-state index in [4.69, 9.17) is 0 Å². The number of likely N-dealkylation sites (N-methyl/N-ethyl adjacent to an activating group) is 1. The smallest absolute Gasteiger partial charge is 0.231 e. The van der Waals surface area contributed by atoms with Gasteiger partial charge in [0.05, 0.1) is 12.0 Å². The van der Waals surface area contributed by atoms with Gasteiger partial charge in [-0.2, -0.15) is 0 Å². The van der Waals surface area contributed by atoms with Crippen LogP contribution in [0.25, 0.3) is 11.1 Å². The molecular weight excluding hydrogens is 302 g/mol. The molecule has 0 unspecified atom stereocenters. The minimum atomic E-state index is 0.0564. The van der Waals surface area contributed by atoms with Crippen LogP contribution < -0.4 is 4.90 Å². The van der Waals surface area contributed by atoms with E-state index in [0.717, 1.165) is 40.8 Å². The van der Waals surface area contributed by atoms with E-state index in [0.29, 0.717) is 18.5 Å². The third kappa shape index (κ3) is 2.52. The van der Waals surface area contributed by atoms with Gasteiger partial charge in [-0.3, -0.25) is 4.79 Å². The molecule has 1 heterocycles. The molecule has 4 heteroatoms. The summed E-state index contributed by atoms with van der Waals surface area (Å²) in [6.07, 6.45) is 2.04. The van der Waals surface area contributed by atoms with Crippen molar-refractivity contribution in [3.63, 3.8) is 0 Å². The van der Waals surface area contributed by atoms with Crippen LogP contribution in [0.15, 0.2) is 24.3 Å². The molecule has 24 heavy (non-hydrogen) atoms. The molecule has 1 aliphatic heterocycles. The summed E-state index contributed by atoms with van der Waals surface area (Å²) in [5.41, 5.74) is 4.81. The van der Waals surface area contributed by atoms with Gasteiger partial charge < -0.3 is 15.1 Å². The summed E-state index contributed by atoms with van der Waals surface area (Å²) in [5.74, 6) is 0.190. The first kappa shape index (κ1) is 16.4. The van der Waals surface area contributed by atoms with Crippen LogP contribution in [-0.4, -0.2) is 22.7 Å². The van der Waals surface area contributed by atoms with Crippen LogP contribution >= 0.6 is 0 Å². The second-order valence-corrected chi connectivity index (χ2v) is 6.33. The quantitative estimate of drug-likeness (QED) is 0.895. The average Bonchev–Trinajstić information content (AvgIpc) is 2.84. The van der Waals surface area contributed by atoms with Crippen molar-refractivity contribution in [3.05, 3.63) is 41.0 Å². The van der Waals surface area contributed by atoms with Crippen molar-refractivity contribution in [2.75, 3.05) is 11.4 Å². The molecule has 1 aliphatic rings. The lowest BCUT2D eigenvalue weighted by Gasteiger charge is -2.18. The van der Waals surface area contributed by atoms with Crippen LogP contribution in [0.1, 0.15) is 37.0 Å². The topological polar surface area (TPSA) is 60.8 Å². The largest absolute Gasteiger partial charge is 0.507 e. The molecule has 2 aromatic carbocycles. The molecule has 0 radical (unpaired) electrons. The first-order valence-electron chi connectivity index (χ1n) is 8.46. The summed E-state index contributed by atoms with van der Waals surface area (Å²) in [5, 5.41) is 21.1. The zero-order chi connectivity index (χ0) is 17.4. The molecule has 2 aromatic rings. The van der Waals surface area contributed by atoms with Crippen LogP contribution in [0, 0.1) is 6.92 Å². The predicted octanol–water partition coefficient (Wildman–Crippen LogP) is 3.93. The van der Waals surface area contributed by atoms with E-state index in [1.165, 1.54) is 0 Å². The third-order valence-electron chi connectivity index (χ3n) is 4.68.